The van der Waals surface area contributed by atoms with Crippen LogP contribution in [0.25, 0.3) is 44.1 Å². The lowest BCUT2D eigenvalue weighted by Crippen LogP contribution is -1.91. The minimum Gasteiger partial charge on any atom is -0.353 e. The monoisotopic (exact) mass is 403 g/mol. The molecule has 0 aliphatic rings. The number of nitrogens with one attached hydrogen (secondary N) is 1. The molecule has 1 aromatic heterocycles. The number of fused-ring (bicyclic) bond motifs is 3. The lowest BCUT2D eigenvalue weighted by atomic mass is 9.91. The van der Waals surface area contributed by atoms with Crippen LogP contribution in [0.4, 0.5) is 0 Å². The topological polar surface area (TPSA) is 15.8 Å². The van der Waals surface area contributed by atoms with Crippen LogP contribution in [-0.4, -0.2) is 4.98 Å². The van der Waals surface area contributed by atoms with Crippen LogP contribution in [0.2, 0.25) is 0 Å². The summed E-state index contributed by atoms with van der Waals surface area (Å²) < 4.78 is 0. The highest BCUT2D eigenvalue weighted by atomic mass is 14.7. The van der Waals surface area contributed by atoms with E-state index in [0.29, 0.717) is 0 Å². The van der Waals surface area contributed by atoms with Crippen molar-refractivity contribution in [2.75, 3.05) is 0 Å². The van der Waals surface area contributed by atoms with Crippen molar-refractivity contribution in [2.24, 2.45) is 0 Å². The van der Waals surface area contributed by atoms with Crippen LogP contribution in [0.1, 0.15) is 33.4 Å². The zero-order valence-electron chi connectivity index (χ0n) is 19.3. The van der Waals surface area contributed by atoms with Gasteiger partial charge >= 0.3 is 0 Å². The van der Waals surface area contributed by atoms with Crippen LogP contribution in [0, 0.1) is 41.5 Å². The van der Waals surface area contributed by atoms with E-state index in [1.807, 2.05) is 0 Å². The summed E-state index contributed by atoms with van der Waals surface area (Å²) in [7, 11) is 0. The van der Waals surface area contributed by atoms with Crippen LogP contribution in [-0.2, 0) is 0 Å². The lowest BCUT2D eigenvalue weighted by molar-refractivity contribution is 1.32. The summed E-state index contributed by atoms with van der Waals surface area (Å²) in [6.45, 7) is 13.2. The van der Waals surface area contributed by atoms with Gasteiger partial charge in [0.2, 0.25) is 0 Å². The third kappa shape index (κ3) is 3.08. The third-order valence-corrected chi connectivity index (χ3v) is 6.56. The molecule has 0 spiro atoms. The summed E-state index contributed by atoms with van der Waals surface area (Å²) in [4.78, 5) is 3.85. The summed E-state index contributed by atoms with van der Waals surface area (Å²) in [5.41, 5.74) is 15.6. The van der Waals surface area contributed by atoms with Gasteiger partial charge in [-0.15, -0.1) is 0 Å². The Labute approximate surface area is 184 Å². The number of rotatable bonds is 2. The van der Waals surface area contributed by atoms with Gasteiger partial charge in [-0.1, -0.05) is 71.8 Å². The van der Waals surface area contributed by atoms with E-state index in [1.54, 1.807) is 0 Å². The number of H-pyrrole nitrogens is 1. The summed E-state index contributed by atoms with van der Waals surface area (Å²) >= 11 is 0. The Kier molecular flexibility index (Phi) is 4.51. The number of aromatic nitrogens is 1. The van der Waals surface area contributed by atoms with Crippen molar-refractivity contribution in [3.63, 3.8) is 0 Å². The number of aryl methyl sites for hydroxylation is 6. The van der Waals surface area contributed by atoms with E-state index in [4.69, 9.17) is 0 Å². The molecule has 0 aliphatic carbocycles. The summed E-state index contributed by atoms with van der Waals surface area (Å²) in [6.07, 6.45) is 0. The zero-order chi connectivity index (χ0) is 21.9. The van der Waals surface area contributed by atoms with Crippen molar-refractivity contribution in [1.29, 1.82) is 0 Å². The predicted octanol–water partition coefficient (Wildman–Crippen LogP) is 8.51. The fourth-order valence-corrected chi connectivity index (χ4v) is 5.57. The number of hydrogen-bond acceptors (Lipinski definition) is 0. The van der Waals surface area contributed by atoms with Crippen molar-refractivity contribution in [2.45, 2.75) is 41.5 Å². The molecule has 31 heavy (non-hydrogen) atoms. The zero-order valence-corrected chi connectivity index (χ0v) is 19.3. The Morgan fingerprint density at radius 3 is 1.19 bits per heavy atom. The van der Waals surface area contributed by atoms with Crippen LogP contribution >= 0.6 is 0 Å². The number of aromatic amines is 1. The molecule has 0 fully saturated rings. The van der Waals surface area contributed by atoms with Gasteiger partial charge in [0.15, 0.2) is 0 Å². The van der Waals surface area contributed by atoms with E-state index in [1.165, 1.54) is 77.4 Å². The fraction of sp³-hybridized carbons (Fsp3) is 0.200. The molecule has 0 aliphatic heterocycles. The van der Waals surface area contributed by atoms with E-state index in [0.717, 1.165) is 0 Å². The number of hydrogen-bond donors (Lipinski definition) is 1. The van der Waals surface area contributed by atoms with Crippen molar-refractivity contribution in [3.05, 3.63) is 94.0 Å². The molecule has 0 amide bonds. The van der Waals surface area contributed by atoms with Gasteiger partial charge < -0.3 is 4.98 Å². The van der Waals surface area contributed by atoms with Crippen molar-refractivity contribution >= 4 is 21.8 Å². The lowest BCUT2D eigenvalue weighted by Gasteiger charge is -2.13. The van der Waals surface area contributed by atoms with Gasteiger partial charge in [0.25, 0.3) is 0 Å². The van der Waals surface area contributed by atoms with Gasteiger partial charge in [0.05, 0.1) is 11.0 Å². The second-order valence-corrected chi connectivity index (χ2v) is 9.13. The maximum Gasteiger partial charge on any atom is 0.0544 e. The molecule has 0 radical (unpaired) electrons. The predicted molar refractivity (Wildman–Crippen MR) is 135 cm³/mol. The Balaban J connectivity index is 1.86. The van der Waals surface area contributed by atoms with Crippen LogP contribution < -0.4 is 0 Å². The second kappa shape index (κ2) is 7.13. The summed E-state index contributed by atoms with van der Waals surface area (Å²) in [6, 6.07) is 22.5. The molecule has 0 bridgehead atoms. The number of para-hydroxylation sites is 2. The molecule has 154 valence electrons. The van der Waals surface area contributed by atoms with Crippen molar-refractivity contribution < 1.29 is 0 Å². The average molecular weight is 404 g/mol. The molecule has 1 heteroatoms. The van der Waals surface area contributed by atoms with E-state index in [2.05, 4.69) is 107 Å². The Bertz CT molecular complexity index is 1320. The van der Waals surface area contributed by atoms with E-state index in [-0.39, 0.29) is 0 Å². The largest absolute Gasteiger partial charge is 0.353 e. The van der Waals surface area contributed by atoms with Crippen molar-refractivity contribution in [1.82, 2.24) is 4.98 Å². The molecule has 1 nitrogen and oxygen atoms in total. The highest BCUT2D eigenvalue weighted by molar-refractivity contribution is 6.15. The Morgan fingerprint density at radius 1 is 0.484 bits per heavy atom. The highest BCUT2D eigenvalue weighted by Crippen LogP contribution is 2.40. The first-order chi connectivity index (χ1) is 14.8. The van der Waals surface area contributed by atoms with Gasteiger partial charge in [-0.25, -0.2) is 0 Å². The van der Waals surface area contributed by atoms with Crippen LogP contribution in [0.15, 0.2) is 60.7 Å². The minimum absolute atomic E-state index is 1.22. The van der Waals surface area contributed by atoms with Gasteiger partial charge in [-0.2, -0.15) is 0 Å². The van der Waals surface area contributed by atoms with Gasteiger partial charge in [0, 0.05) is 21.9 Å². The average Bonchev–Trinajstić information content (AvgIpc) is 3.07. The highest BCUT2D eigenvalue weighted by Gasteiger charge is 2.17. The molecule has 5 rings (SSSR count). The molecule has 0 saturated heterocycles. The minimum atomic E-state index is 1.22. The maximum absolute atomic E-state index is 3.85. The Hall–Kier alpha value is -3.32. The van der Waals surface area contributed by atoms with Crippen LogP contribution in [0.3, 0.4) is 0 Å². The first kappa shape index (κ1) is 19.6. The molecule has 4 aromatic carbocycles. The fourth-order valence-electron chi connectivity index (χ4n) is 5.57. The molecule has 1 heterocycles. The smallest absolute Gasteiger partial charge is 0.0544 e. The van der Waals surface area contributed by atoms with Gasteiger partial charge in [0.1, 0.15) is 0 Å². The van der Waals surface area contributed by atoms with Gasteiger partial charge in [-0.3, -0.25) is 0 Å². The van der Waals surface area contributed by atoms with E-state index < -0.39 is 0 Å². The molecule has 0 atom stereocenters. The summed E-state index contributed by atoms with van der Waals surface area (Å²) in [5.74, 6) is 0. The molecule has 1 N–H and O–H groups in total. The quantitative estimate of drug-likeness (QED) is 0.304. The van der Waals surface area contributed by atoms with Crippen LogP contribution in [0.5, 0.6) is 0 Å². The third-order valence-electron chi connectivity index (χ3n) is 6.56. The first-order valence-electron chi connectivity index (χ1n) is 11.0. The van der Waals surface area contributed by atoms with E-state index >= 15 is 0 Å². The second-order valence-electron chi connectivity index (χ2n) is 9.13. The normalized spacial score (nSPS) is 11.5. The van der Waals surface area contributed by atoms with E-state index in [9.17, 15) is 0 Å². The number of benzene rings is 4. The van der Waals surface area contributed by atoms with Crippen molar-refractivity contribution in [3.8, 4) is 22.3 Å². The SMILES string of the molecule is Cc1cc(C)c(-c2cccc3c2[nH]c2c(-c4c(C)cc(C)cc4C)cccc23)c(C)c1. The van der Waals surface area contributed by atoms with Gasteiger partial charge in [-0.05, 0) is 74.9 Å². The molecule has 0 saturated carbocycles. The first-order valence-corrected chi connectivity index (χ1v) is 11.0. The molecular formula is C30H29N. The molecule has 5 aromatic rings. The molecule has 0 unspecified atom stereocenters. The Morgan fingerprint density at radius 2 is 0.839 bits per heavy atom. The standard InChI is InChI=1S/C30H29N/c1-17-13-19(3)27(20(4)14-17)25-11-7-9-23-24-10-8-12-26(30(24)31-29(23)25)28-21(5)15-18(2)16-22(28)6/h7-16,31H,1-6H3. The maximum atomic E-state index is 3.85. The molecular weight excluding hydrogens is 374 g/mol. The summed E-state index contributed by atoms with van der Waals surface area (Å²) in [5, 5.41) is 2.58.